The minimum absolute atomic E-state index is 0.810. The van der Waals surface area contributed by atoms with Crippen molar-refractivity contribution in [3.05, 3.63) is 60.4 Å². The zero-order valence-electron chi connectivity index (χ0n) is 12.5. The maximum Gasteiger partial charge on any atom is 0.135 e. The molecule has 3 aromatic rings. The smallest absolute Gasteiger partial charge is 0.135 e. The summed E-state index contributed by atoms with van der Waals surface area (Å²) in [6.07, 6.45) is 1.76. The summed E-state index contributed by atoms with van der Waals surface area (Å²) in [4.78, 5) is 6.31. The van der Waals surface area contributed by atoms with Gasteiger partial charge in [-0.2, -0.15) is 0 Å². The van der Waals surface area contributed by atoms with E-state index in [4.69, 9.17) is 4.74 Å². The minimum Gasteiger partial charge on any atom is -0.457 e. The lowest BCUT2D eigenvalue weighted by atomic mass is 10.1. The number of pyridine rings is 1. The molecule has 0 saturated heterocycles. The van der Waals surface area contributed by atoms with E-state index in [-0.39, 0.29) is 0 Å². The number of fused-ring (bicyclic) bond motifs is 1. The molecule has 0 N–H and O–H groups in total. The molecule has 0 fully saturated rings. The molecule has 1 aromatic heterocycles. The van der Waals surface area contributed by atoms with Crippen LogP contribution in [0.5, 0.6) is 11.5 Å². The quantitative estimate of drug-likeness (QED) is 0.710. The maximum atomic E-state index is 6.05. The van der Waals surface area contributed by atoms with Gasteiger partial charge in [0.2, 0.25) is 0 Å². The number of hydrogen-bond donors (Lipinski definition) is 0. The Kier molecular flexibility index (Phi) is 3.48. The van der Waals surface area contributed by atoms with Crippen molar-refractivity contribution in [2.75, 3.05) is 19.0 Å². The molecule has 3 heteroatoms. The molecule has 0 aliphatic carbocycles. The Morgan fingerprint density at radius 3 is 2.43 bits per heavy atom. The maximum absolute atomic E-state index is 6.05. The summed E-state index contributed by atoms with van der Waals surface area (Å²) in [5.74, 6) is 1.67. The van der Waals surface area contributed by atoms with Crippen LogP contribution in [0, 0.1) is 6.92 Å². The van der Waals surface area contributed by atoms with Crippen molar-refractivity contribution in [1.29, 1.82) is 0 Å². The zero-order valence-corrected chi connectivity index (χ0v) is 12.5. The number of nitrogens with zero attached hydrogens (tertiary/aromatic N) is 2. The van der Waals surface area contributed by atoms with Crippen LogP contribution in [0.4, 0.5) is 5.69 Å². The van der Waals surface area contributed by atoms with Gasteiger partial charge in [0.15, 0.2) is 0 Å². The number of aryl methyl sites for hydroxylation is 1. The molecule has 3 nitrogen and oxygen atoms in total. The highest BCUT2D eigenvalue weighted by Crippen LogP contribution is 2.35. The molecule has 0 spiro atoms. The zero-order chi connectivity index (χ0) is 14.8. The Bertz CT molecular complexity index is 781. The average Bonchev–Trinajstić information content (AvgIpc) is 2.47. The van der Waals surface area contributed by atoms with E-state index >= 15 is 0 Å². The molecule has 0 aliphatic heterocycles. The third-order valence-electron chi connectivity index (χ3n) is 3.44. The average molecular weight is 278 g/mol. The minimum atomic E-state index is 0.810. The van der Waals surface area contributed by atoms with Crippen LogP contribution < -0.4 is 9.64 Å². The van der Waals surface area contributed by atoms with Crippen LogP contribution >= 0.6 is 0 Å². The summed E-state index contributed by atoms with van der Waals surface area (Å²) in [6.45, 7) is 1.96. The van der Waals surface area contributed by atoms with Gasteiger partial charge in [-0.1, -0.05) is 24.3 Å². The molecule has 0 aliphatic rings. The first kappa shape index (κ1) is 13.4. The molecule has 3 rings (SSSR count). The van der Waals surface area contributed by atoms with E-state index in [1.807, 2.05) is 31.2 Å². The Balaban J connectivity index is 2.10. The van der Waals surface area contributed by atoms with Gasteiger partial charge in [-0.3, -0.25) is 4.98 Å². The SMILES string of the molecule is Cc1cc(Oc2ccc(N(C)C)c3ccccc23)ccn1. The van der Waals surface area contributed by atoms with Crippen molar-refractivity contribution in [3.8, 4) is 11.5 Å². The van der Waals surface area contributed by atoms with E-state index in [1.54, 1.807) is 6.20 Å². The molecule has 0 amide bonds. The van der Waals surface area contributed by atoms with Crippen LogP contribution in [0.2, 0.25) is 0 Å². The topological polar surface area (TPSA) is 25.4 Å². The van der Waals surface area contributed by atoms with E-state index < -0.39 is 0 Å². The number of anilines is 1. The fourth-order valence-corrected chi connectivity index (χ4v) is 2.44. The van der Waals surface area contributed by atoms with Crippen LogP contribution in [0.25, 0.3) is 10.8 Å². The van der Waals surface area contributed by atoms with Gasteiger partial charge in [0.05, 0.1) is 0 Å². The van der Waals surface area contributed by atoms with Gasteiger partial charge in [-0.15, -0.1) is 0 Å². The van der Waals surface area contributed by atoms with Gasteiger partial charge in [-0.05, 0) is 25.1 Å². The first-order chi connectivity index (χ1) is 10.1. The van der Waals surface area contributed by atoms with Crippen LogP contribution in [-0.2, 0) is 0 Å². The van der Waals surface area contributed by atoms with Crippen LogP contribution in [0.1, 0.15) is 5.69 Å². The lowest BCUT2D eigenvalue weighted by molar-refractivity contribution is 0.487. The highest BCUT2D eigenvalue weighted by atomic mass is 16.5. The second-order valence-electron chi connectivity index (χ2n) is 5.26. The van der Waals surface area contributed by atoms with E-state index in [9.17, 15) is 0 Å². The van der Waals surface area contributed by atoms with E-state index in [2.05, 4.69) is 48.2 Å². The summed E-state index contributed by atoms with van der Waals surface area (Å²) in [5, 5.41) is 2.30. The molecule has 2 aromatic carbocycles. The van der Waals surface area contributed by atoms with Crippen molar-refractivity contribution >= 4 is 16.5 Å². The van der Waals surface area contributed by atoms with Crippen molar-refractivity contribution in [3.63, 3.8) is 0 Å². The Morgan fingerprint density at radius 2 is 1.71 bits per heavy atom. The number of rotatable bonds is 3. The van der Waals surface area contributed by atoms with Gasteiger partial charge in [0, 0.05) is 48.5 Å². The van der Waals surface area contributed by atoms with Gasteiger partial charge in [0.1, 0.15) is 11.5 Å². The molecular formula is C18H18N2O. The van der Waals surface area contributed by atoms with Crippen LogP contribution in [0.15, 0.2) is 54.7 Å². The number of aromatic nitrogens is 1. The van der Waals surface area contributed by atoms with Crippen LogP contribution in [0.3, 0.4) is 0 Å². The standard InChI is InChI=1S/C18H18N2O/c1-13-12-14(10-11-19-13)21-18-9-8-17(20(2)3)15-6-4-5-7-16(15)18/h4-12H,1-3H3. The number of hydrogen-bond acceptors (Lipinski definition) is 3. The third-order valence-corrected chi connectivity index (χ3v) is 3.44. The van der Waals surface area contributed by atoms with Crippen molar-refractivity contribution in [2.45, 2.75) is 6.92 Å². The molecule has 0 atom stereocenters. The molecule has 106 valence electrons. The predicted octanol–water partition coefficient (Wildman–Crippen LogP) is 4.40. The van der Waals surface area contributed by atoms with Crippen LogP contribution in [-0.4, -0.2) is 19.1 Å². The Morgan fingerprint density at radius 1 is 0.952 bits per heavy atom. The normalized spacial score (nSPS) is 10.6. The first-order valence-corrected chi connectivity index (χ1v) is 6.95. The third kappa shape index (κ3) is 2.68. The summed E-state index contributed by atoms with van der Waals surface area (Å²) in [5.41, 5.74) is 2.13. The van der Waals surface area contributed by atoms with Crippen molar-refractivity contribution in [1.82, 2.24) is 4.98 Å². The largest absolute Gasteiger partial charge is 0.457 e. The molecule has 21 heavy (non-hydrogen) atoms. The Hall–Kier alpha value is -2.55. The molecule has 0 unspecified atom stereocenters. The number of ether oxygens (including phenoxy) is 1. The fraction of sp³-hybridized carbons (Fsp3) is 0.167. The van der Waals surface area contributed by atoms with Gasteiger partial charge >= 0.3 is 0 Å². The Labute approximate surface area is 124 Å². The summed E-state index contributed by atoms with van der Waals surface area (Å²) in [7, 11) is 4.10. The second kappa shape index (κ2) is 5.44. The lowest BCUT2D eigenvalue weighted by Crippen LogP contribution is -2.09. The number of benzene rings is 2. The van der Waals surface area contributed by atoms with Gasteiger partial charge in [0.25, 0.3) is 0 Å². The fourth-order valence-electron chi connectivity index (χ4n) is 2.44. The van der Waals surface area contributed by atoms with E-state index in [0.717, 1.165) is 22.6 Å². The van der Waals surface area contributed by atoms with E-state index in [0.29, 0.717) is 0 Å². The predicted molar refractivity (Wildman–Crippen MR) is 87.3 cm³/mol. The molecule has 0 saturated carbocycles. The highest BCUT2D eigenvalue weighted by Gasteiger charge is 2.08. The molecule has 1 heterocycles. The monoisotopic (exact) mass is 278 g/mol. The van der Waals surface area contributed by atoms with Crippen molar-refractivity contribution in [2.24, 2.45) is 0 Å². The van der Waals surface area contributed by atoms with E-state index in [1.165, 1.54) is 11.1 Å². The van der Waals surface area contributed by atoms with Gasteiger partial charge < -0.3 is 9.64 Å². The second-order valence-corrected chi connectivity index (χ2v) is 5.26. The van der Waals surface area contributed by atoms with Gasteiger partial charge in [-0.25, -0.2) is 0 Å². The van der Waals surface area contributed by atoms with Crippen molar-refractivity contribution < 1.29 is 4.74 Å². The summed E-state index contributed by atoms with van der Waals surface area (Å²) >= 11 is 0. The molecule has 0 bridgehead atoms. The lowest BCUT2D eigenvalue weighted by Gasteiger charge is -2.17. The first-order valence-electron chi connectivity index (χ1n) is 6.95. The summed E-state index contributed by atoms with van der Waals surface area (Å²) in [6, 6.07) is 16.2. The highest BCUT2D eigenvalue weighted by molar-refractivity contribution is 5.98. The summed E-state index contributed by atoms with van der Waals surface area (Å²) < 4.78 is 6.05. The molecule has 0 radical (unpaired) electrons. The molecular weight excluding hydrogens is 260 g/mol.